The minimum absolute atomic E-state index is 0.0177. The maximum absolute atomic E-state index is 15.3. The number of nitrogens with two attached hydrogens (primary N) is 1. The molecule has 1 unspecified atom stereocenters. The highest BCUT2D eigenvalue weighted by Crippen LogP contribution is 2.44. The van der Waals surface area contributed by atoms with Crippen LogP contribution in [0.1, 0.15) is 71.1 Å². The SMILES string of the molecule is CC(=O)c1cn(C2CC2)c2c(C)c(-c3cc4c(s3)C(N)CCC4)c(F)cc2c1=O. The van der Waals surface area contributed by atoms with Gasteiger partial charge in [0.05, 0.1) is 11.1 Å². The second-order valence-electron chi connectivity index (χ2n) is 8.32. The molecule has 3 aromatic rings. The van der Waals surface area contributed by atoms with E-state index in [0.29, 0.717) is 10.9 Å². The van der Waals surface area contributed by atoms with E-state index in [2.05, 4.69) is 6.07 Å². The van der Waals surface area contributed by atoms with Crippen molar-refractivity contribution < 1.29 is 9.18 Å². The van der Waals surface area contributed by atoms with E-state index in [-0.39, 0.29) is 28.9 Å². The number of fused-ring (bicyclic) bond motifs is 2. The number of Topliss-reactive ketones (excluding diaryl/α,β-unsaturated/α-hetero) is 1. The van der Waals surface area contributed by atoms with Gasteiger partial charge in [0.15, 0.2) is 11.2 Å². The van der Waals surface area contributed by atoms with Crippen molar-refractivity contribution in [3.05, 3.63) is 55.9 Å². The molecule has 2 heterocycles. The first-order valence-electron chi connectivity index (χ1n) is 10.1. The number of aromatic nitrogens is 1. The van der Waals surface area contributed by atoms with Crippen molar-refractivity contribution in [2.75, 3.05) is 0 Å². The summed E-state index contributed by atoms with van der Waals surface area (Å²) < 4.78 is 17.4. The second-order valence-corrected chi connectivity index (χ2v) is 9.40. The van der Waals surface area contributed by atoms with Crippen molar-refractivity contribution in [2.45, 2.75) is 58.0 Å². The third-order valence-electron chi connectivity index (χ3n) is 6.22. The molecule has 2 aromatic heterocycles. The molecule has 29 heavy (non-hydrogen) atoms. The number of carbonyl (C=O) groups is 1. The van der Waals surface area contributed by atoms with Crippen LogP contribution < -0.4 is 11.2 Å². The topological polar surface area (TPSA) is 65.1 Å². The fourth-order valence-electron chi connectivity index (χ4n) is 4.59. The van der Waals surface area contributed by atoms with E-state index in [1.807, 2.05) is 11.5 Å². The van der Waals surface area contributed by atoms with Gasteiger partial charge in [0.2, 0.25) is 0 Å². The van der Waals surface area contributed by atoms with Crippen LogP contribution in [-0.2, 0) is 6.42 Å². The number of ketones is 1. The van der Waals surface area contributed by atoms with E-state index < -0.39 is 5.82 Å². The van der Waals surface area contributed by atoms with Gasteiger partial charge in [0, 0.05) is 39.0 Å². The minimum Gasteiger partial charge on any atom is -0.343 e. The molecule has 2 aliphatic rings. The smallest absolute Gasteiger partial charge is 0.200 e. The number of benzene rings is 1. The summed E-state index contributed by atoms with van der Waals surface area (Å²) in [6.07, 6.45) is 6.67. The number of carbonyl (C=O) groups excluding carboxylic acids is 1. The number of nitrogens with zero attached hydrogens (tertiary/aromatic N) is 1. The molecule has 0 spiro atoms. The molecule has 0 bridgehead atoms. The largest absolute Gasteiger partial charge is 0.343 e. The maximum atomic E-state index is 15.3. The predicted molar refractivity (Wildman–Crippen MR) is 114 cm³/mol. The number of halogens is 1. The van der Waals surface area contributed by atoms with E-state index in [0.717, 1.165) is 52.9 Å². The normalized spacial score (nSPS) is 18.8. The molecule has 0 aliphatic heterocycles. The quantitative estimate of drug-likeness (QED) is 0.615. The van der Waals surface area contributed by atoms with Crippen LogP contribution in [-0.4, -0.2) is 10.4 Å². The van der Waals surface area contributed by atoms with Gasteiger partial charge in [-0.3, -0.25) is 9.59 Å². The van der Waals surface area contributed by atoms with Crippen molar-refractivity contribution in [2.24, 2.45) is 5.73 Å². The zero-order valence-electron chi connectivity index (χ0n) is 16.5. The first kappa shape index (κ1) is 18.7. The highest BCUT2D eigenvalue weighted by Gasteiger charge is 2.29. The molecule has 1 aromatic carbocycles. The van der Waals surface area contributed by atoms with E-state index in [1.54, 1.807) is 17.5 Å². The molecular weight excluding hydrogens is 387 g/mol. The Kier molecular flexibility index (Phi) is 4.26. The zero-order chi connectivity index (χ0) is 20.4. The van der Waals surface area contributed by atoms with Crippen LogP contribution in [0.5, 0.6) is 0 Å². The van der Waals surface area contributed by atoms with Crippen LogP contribution in [0, 0.1) is 12.7 Å². The lowest BCUT2D eigenvalue weighted by Gasteiger charge is -2.17. The predicted octanol–water partition coefficient (Wildman–Crippen LogP) is 5.05. The first-order valence-corrected chi connectivity index (χ1v) is 11.0. The lowest BCUT2D eigenvalue weighted by atomic mass is 9.94. The lowest BCUT2D eigenvalue weighted by molar-refractivity contribution is 0.101. The van der Waals surface area contributed by atoms with E-state index in [1.165, 1.54) is 18.6 Å². The van der Waals surface area contributed by atoms with Crippen molar-refractivity contribution in [3.63, 3.8) is 0 Å². The molecule has 4 nitrogen and oxygen atoms in total. The Morgan fingerprint density at radius 3 is 2.69 bits per heavy atom. The van der Waals surface area contributed by atoms with Crippen LogP contribution >= 0.6 is 11.3 Å². The number of rotatable bonds is 3. The molecule has 1 atom stereocenters. The Morgan fingerprint density at radius 2 is 2.03 bits per heavy atom. The standard InChI is InChI=1S/C23H23FN2O2S/c1-11-20(19-8-13-4-3-5-18(25)23(13)29-19)17(24)9-15-21(11)26(14-6-7-14)10-16(12(2)27)22(15)28/h8-10,14,18H,3-7,25H2,1-2H3. The highest BCUT2D eigenvalue weighted by molar-refractivity contribution is 7.15. The monoisotopic (exact) mass is 410 g/mol. The van der Waals surface area contributed by atoms with Gasteiger partial charge in [-0.1, -0.05) is 0 Å². The highest BCUT2D eigenvalue weighted by atomic mass is 32.1. The Balaban J connectivity index is 1.81. The number of pyridine rings is 1. The van der Waals surface area contributed by atoms with Crippen LogP contribution in [0.4, 0.5) is 4.39 Å². The van der Waals surface area contributed by atoms with Crippen molar-refractivity contribution >= 4 is 28.0 Å². The van der Waals surface area contributed by atoms with E-state index in [4.69, 9.17) is 5.73 Å². The average molecular weight is 411 g/mol. The number of thiophene rings is 1. The zero-order valence-corrected chi connectivity index (χ0v) is 17.4. The Bertz CT molecular complexity index is 1240. The summed E-state index contributed by atoms with van der Waals surface area (Å²) in [5.74, 6) is -0.698. The molecule has 0 saturated heterocycles. The Labute approximate surface area is 172 Å². The molecule has 2 aliphatic carbocycles. The molecule has 2 N–H and O–H groups in total. The lowest BCUT2D eigenvalue weighted by Crippen LogP contribution is -2.18. The summed E-state index contributed by atoms with van der Waals surface area (Å²) in [7, 11) is 0. The fraction of sp³-hybridized carbons (Fsp3) is 0.391. The molecule has 1 fully saturated rings. The van der Waals surface area contributed by atoms with Gasteiger partial charge in [0.25, 0.3) is 0 Å². The number of hydrogen-bond acceptors (Lipinski definition) is 4. The summed E-state index contributed by atoms with van der Waals surface area (Å²) in [5, 5.41) is 0.293. The maximum Gasteiger partial charge on any atom is 0.200 e. The van der Waals surface area contributed by atoms with E-state index >= 15 is 4.39 Å². The van der Waals surface area contributed by atoms with Gasteiger partial charge in [-0.15, -0.1) is 11.3 Å². The van der Waals surface area contributed by atoms with Gasteiger partial charge in [-0.2, -0.15) is 0 Å². The molecule has 6 heteroatoms. The fourth-order valence-corrected chi connectivity index (χ4v) is 5.94. The summed E-state index contributed by atoms with van der Waals surface area (Å²) in [5.41, 5.74) is 9.30. The Hall–Kier alpha value is -2.31. The molecule has 5 rings (SSSR count). The molecule has 1 saturated carbocycles. The molecule has 150 valence electrons. The second kappa shape index (κ2) is 6.61. The summed E-state index contributed by atoms with van der Waals surface area (Å²) in [6, 6.07) is 3.67. The molecule has 0 radical (unpaired) electrons. The number of aryl methyl sites for hydroxylation is 2. The third kappa shape index (κ3) is 2.89. The van der Waals surface area contributed by atoms with Crippen molar-refractivity contribution in [1.82, 2.24) is 4.57 Å². The third-order valence-corrected chi connectivity index (χ3v) is 7.54. The van der Waals surface area contributed by atoms with Gasteiger partial charge in [-0.05, 0) is 69.2 Å². The van der Waals surface area contributed by atoms with Crippen LogP contribution in [0.3, 0.4) is 0 Å². The van der Waals surface area contributed by atoms with E-state index in [9.17, 15) is 9.59 Å². The minimum atomic E-state index is -0.415. The summed E-state index contributed by atoms with van der Waals surface area (Å²) >= 11 is 1.57. The molecule has 0 amide bonds. The van der Waals surface area contributed by atoms with Crippen LogP contribution in [0.25, 0.3) is 21.3 Å². The van der Waals surface area contributed by atoms with Crippen LogP contribution in [0.15, 0.2) is 23.1 Å². The van der Waals surface area contributed by atoms with Crippen molar-refractivity contribution in [3.8, 4) is 10.4 Å². The summed E-state index contributed by atoms with van der Waals surface area (Å²) in [6.45, 7) is 3.27. The van der Waals surface area contributed by atoms with Gasteiger partial charge in [-0.25, -0.2) is 4.39 Å². The molecular formula is C23H23FN2O2S. The number of hydrogen-bond donors (Lipinski definition) is 1. The van der Waals surface area contributed by atoms with Gasteiger partial charge < -0.3 is 10.3 Å². The van der Waals surface area contributed by atoms with Gasteiger partial charge in [0.1, 0.15) is 5.82 Å². The Morgan fingerprint density at radius 1 is 1.28 bits per heavy atom. The van der Waals surface area contributed by atoms with Crippen molar-refractivity contribution in [1.29, 1.82) is 0 Å². The summed E-state index contributed by atoms with van der Waals surface area (Å²) in [4.78, 5) is 26.9. The van der Waals surface area contributed by atoms with Gasteiger partial charge >= 0.3 is 0 Å². The average Bonchev–Trinajstić information content (AvgIpc) is 3.42. The van der Waals surface area contributed by atoms with Crippen LogP contribution in [0.2, 0.25) is 0 Å². The first-order chi connectivity index (χ1) is 13.9.